The van der Waals surface area contributed by atoms with Crippen LogP contribution in [0.3, 0.4) is 0 Å². The average molecular weight is 162 g/mol. The summed E-state index contributed by atoms with van der Waals surface area (Å²) >= 11 is 0. The molecule has 0 aromatic heterocycles. The highest BCUT2D eigenvalue weighted by Crippen LogP contribution is 2.24. The summed E-state index contributed by atoms with van der Waals surface area (Å²) in [5, 5.41) is 0. The molecule has 1 heterocycles. The molecule has 1 aromatic carbocycles. The van der Waals surface area contributed by atoms with Crippen molar-refractivity contribution in [3.63, 3.8) is 0 Å². The Morgan fingerprint density at radius 1 is 1.42 bits per heavy atom. The molecule has 0 unspecified atom stereocenters. The standard InChI is InChI=1S/C10H14N2/c1-12-6-9-4-2-3-8(5-11)10(9)7-12/h2-4H,5-7,11H2,1H3. The Morgan fingerprint density at radius 3 is 3.00 bits per heavy atom. The molecule has 0 spiro atoms. The molecule has 0 bridgehead atoms. The molecule has 0 radical (unpaired) electrons. The van der Waals surface area contributed by atoms with Gasteiger partial charge in [-0.25, -0.2) is 0 Å². The highest BCUT2D eigenvalue weighted by Gasteiger charge is 2.16. The molecule has 0 amide bonds. The van der Waals surface area contributed by atoms with Crippen molar-refractivity contribution in [1.82, 2.24) is 4.90 Å². The Labute approximate surface area is 73.0 Å². The molecular formula is C10H14N2. The van der Waals surface area contributed by atoms with Crippen molar-refractivity contribution in [1.29, 1.82) is 0 Å². The van der Waals surface area contributed by atoms with Gasteiger partial charge in [-0.3, -0.25) is 4.90 Å². The van der Waals surface area contributed by atoms with Gasteiger partial charge in [-0.1, -0.05) is 18.2 Å². The van der Waals surface area contributed by atoms with Gasteiger partial charge in [0, 0.05) is 19.6 Å². The van der Waals surface area contributed by atoms with Crippen LogP contribution in [0.15, 0.2) is 18.2 Å². The molecule has 12 heavy (non-hydrogen) atoms. The van der Waals surface area contributed by atoms with Crippen LogP contribution in [0.2, 0.25) is 0 Å². The van der Waals surface area contributed by atoms with Gasteiger partial charge in [0.2, 0.25) is 0 Å². The van der Waals surface area contributed by atoms with Crippen molar-refractivity contribution >= 4 is 0 Å². The molecule has 0 aliphatic carbocycles. The summed E-state index contributed by atoms with van der Waals surface area (Å²) in [6.45, 7) is 2.79. The number of rotatable bonds is 1. The largest absolute Gasteiger partial charge is 0.326 e. The van der Waals surface area contributed by atoms with Crippen LogP contribution in [-0.4, -0.2) is 11.9 Å². The molecule has 0 saturated carbocycles. The van der Waals surface area contributed by atoms with E-state index in [9.17, 15) is 0 Å². The van der Waals surface area contributed by atoms with Gasteiger partial charge in [0.25, 0.3) is 0 Å². The maximum atomic E-state index is 5.65. The summed E-state index contributed by atoms with van der Waals surface area (Å²) in [4.78, 5) is 2.31. The van der Waals surface area contributed by atoms with Gasteiger partial charge in [-0.05, 0) is 23.7 Å². The zero-order valence-corrected chi connectivity index (χ0v) is 7.38. The van der Waals surface area contributed by atoms with Gasteiger partial charge < -0.3 is 5.73 Å². The fraction of sp³-hybridized carbons (Fsp3) is 0.400. The van der Waals surface area contributed by atoms with E-state index in [2.05, 4.69) is 30.1 Å². The summed E-state index contributed by atoms with van der Waals surface area (Å²) in [6.07, 6.45) is 0. The van der Waals surface area contributed by atoms with Crippen LogP contribution in [0, 0.1) is 0 Å². The van der Waals surface area contributed by atoms with Crippen molar-refractivity contribution in [3.05, 3.63) is 34.9 Å². The first kappa shape index (κ1) is 7.77. The molecule has 0 saturated heterocycles. The monoisotopic (exact) mass is 162 g/mol. The minimum absolute atomic E-state index is 0.664. The molecule has 1 aliphatic rings. The Bertz CT molecular complexity index is 294. The number of hydrogen-bond acceptors (Lipinski definition) is 2. The van der Waals surface area contributed by atoms with Crippen molar-refractivity contribution in [3.8, 4) is 0 Å². The highest BCUT2D eigenvalue weighted by molar-refractivity contribution is 5.37. The van der Waals surface area contributed by atoms with Gasteiger partial charge in [0.05, 0.1) is 0 Å². The second-order valence-corrected chi connectivity index (χ2v) is 3.43. The van der Waals surface area contributed by atoms with Gasteiger partial charge in [0.1, 0.15) is 0 Å². The SMILES string of the molecule is CN1Cc2cccc(CN)c2C1. The molecule has 64 valence electrons. The Morgan fingerprint density at radius 2 is 2.25 bits per heavy atom. The van der Waals surface area contributed by atoms with Crippen molar-refractivity contribution in [2.24, 2.45) is 5.73 Å². The zero-order chi connectivity index (χ0) is 8.55. The molecule has 0 fully saturated rings. The minimum Gasteiger partial charge on any atom is -0.326 e. The predicted octanol–water partition coefficient (Wildman–Crippen LogP) is 1.09. The first-order valence-corrected chi connectivity index (χ1v) is 4.29. The second-order valence-electron chi connectivity index (χ2n) is 3.43. The first-order chi connectivity index (χ1) is 5.81. The van der Waals surface area contributed by atoms with Crippen LogP contribution < -0.4 is 5.73 Å². The van der Waals surface area contributed by atoms with E-state index < -0.39 is 0 Å². The third-order valence-electron chi connectivity index (χ3n) is 2.46. The normalized spacial score (nSPS) is 16.5. The van der Waals surface area contributed by atoms with E-state index in [1.54, 1.807) is 0 Å². The number of nitrogens with two attached hydrogens (primary N) is 1. The van der Waals surface area contributed by atoms with E-state index in [-0.39, 0.29) is 0 Å². The van der Waals surface area contributed by atoms with E-state index in [1.165, 1.54) is 16.7 Å². The zero-order valence-electron chi connectivity index (χ0n) is 7.38. The third-order valence-corrected chi connectivity index (χ3v) is 2.46. The fourth-order valence-corrected chi connectivity index (χ4v) is 1.85. The molecule has 1 aliphatic heterocycles. The predicted molar refractivity (Wildman–Crippen MR) is 49.5 cm³/mol. The highest BCUT2D eigenvalue weighted by atomic mass is 15.1. The van der Waals surface area contributed by atoms with E-state index in [0.29, 0.717) is 6.54 Å². The topological polar surface area (TPSA) is 29.3 Å². The summed E-state index contributed by atoms with van der Waals surface area (Å²) in [5.74, 6) is 0. The summed E-state index contributed by atoms with van der Waals surface area (Å²) in [6, 6.07) is 6.41. The fourth-order valence-electron chi connectivity index (χ4n) is 1.85. The summed E-state index contributed by atoms with van der Waals surface area (Å²) in [7, 11) is 2.14. The quantitative estimate of drug-likeness (QED) is 0.669. The average Bonchev–Trinajstić information content (AvgIpc) is 2.44. The lowest BCUT2D eigenvalue weighted by Crippen LogP contribution is -2.08. The Hall–Kier alpha value is -0.860. The lowest BCUT2D eigenvalue weighted by atomic mass is 10.0. The number of fused-ring (bicyclic) bond motifs is 1. The summed E-state index contributed by atoms with van der Waals surface area (Å²) < 4.78 is 0. The Kier molecular flexibility index (Phi) is 1.87. The molecular weight excluding hydrogens is 148 g/mol. The number of nitrogens with zero attached hydrogens (tertiary/aromatic N) is 1. The second kappa shape index (κ2) is 2.88. The van der Waals surface area contributed by atoms with Crippen molar-refractivity contribution in [2.45, 2.75) is 19.6 Å². The molecule has 2 heteroatoms. The lowest BCUT2D eigenvalue weighted by molar-refractivity contribution is 0.352. The number of hydrogen-bond donors (Lipinski definition) is 1. The van der Waals surface area contributed by atoms with E-state index in [1.807, 2.05) is 0 Å². The minimum atomic E-state index is 0.664. The summed E-state index contributed by atoms with van der Waals surface area (Å²) in [5.41, 5.74) is 9.84. The van der Waals surface area contributed by atoms with Crippen LogP contribution in [0.5, 0.6) is 0 Å². The van der Waals surface area contributed by atoms with E-state index >= 15 is 0 Å². The van der Waals surface area contributed by atoms with E-state index in [0.717, 1.165) is 13.1 Å². The maximum Gasteiger partial charge on any atom is 0.0240 e. The van der Waals surface area contributed by atoms with Crippen LogP contribution in [0.1, 0.15) is 16.7 Å². The first-order valence-electron chi connectivity index (χ1n) is 4.29. The molecule has 2 rings (SSSR count). The van der Waals surface area contributed by atoms with Crippen molar-refractivity contribution < 1.29 is 0 Å². The van der Waals surface area contributed by atoms with Gasteiger partial charge in [0.15, 0.2) is 0 Å². The van der Waals surface area contributed by atoms with Crippen LogP contribution in [0.25, 0.3) is 0 Å². The molecule has 2 nitrogen and oxygen atoms in total. The third kappa shape index (κ3) is 1.13. The molecule has 0 atom stereocenters. The number of benzene rings is 1. The van der Waals surface area contributed by atoms with E-state index in [4.69, 9.17) is 5.73 Å². The van der Waals surface area contributed by atoms with Gasteiger partial charge >= 0.3 is 0 Å². The molecule has 2 N–H and O–H groups in total. The molecule has 1 aromatic rings. The van der Waals surface area contributed by atoms with Crippen LogP contribution >= 0.6 is 0 Å². The van der Waals surface area contributed by atoms with Crippen LogP contribution in [0.4, 0.5) is 0 Å². The maximum absolute atomic E-state index is 5.65. The van der Waals surface area contributed by atoms with Gasteiger partial charge in [-0.15, -0.1) is 0 Å². The van der Waals surface area contributed by atoms with Crippen LogP contribution in [-0.2, 0) is 19.6 Å². The van der Waals surface area contributed by atoms with Gasteiger partial charge in [-0.2, -0.15) is 0 Å². The smallest absolute Gasteiger partial charge is 0.0240 e. The Balaban J connectivity index is 2.44. The van der Waals surface area contributed by atoms with Crippen molar-refractivity contribution in [2.75, 3.05) is 7.05 Å². The lowest BCUT2D eigenvalue weighted by Gasteiger charge is -2.05.